The van der Waals surface area contributed by atoms with E-state index in [0.29, 0.717) is 0 Å². The Bertz CT molecular complexity index is 587. The third-order valence-corrected chi connectivity index (χ3v) is 4.69. The van der Waals surface area contributed by atoms with Crippen molar-refractivity contribution < 1.29 is 0 Å². The van der Waals surface area contributed by atoms with Crippen LogP contribution in [0.3, 0.4) is 0 Å². The Kier molecular flexibility index (Phi) is 4.59. The minimum atomic E-state index is 0.726. The number of aryl methyl sites for hydroxylation is 1. The lowest BCUT2D eigenvalue weighted by Gasteiger charge is -2.13. The first kappa shape index (κ1) is 14.6. The summed E-state index contributed by atoms with van der Waals surface area (Å²) in [5.74, 6) is 2.08. The summed E-state index contributed by atoms with van der Waals surface area (Å²) in [4.78, 5) is 4.91. The Morgan fingerprint density at radius 3 is 2.90 bits per heavy atom. The summed E-state index contributed by atoms with van der Waals surface area (Å²) in [5.41, 5.74) is 2.46. The van der Waals surface area contributed by atoms with Gasteiger partial charge in [0.2, 0.25) is 0 Å². The van der Waals surface area contributed by atoms with Gasteiger partial charge in [-0.05, 0) is 50.3 Å². The van der Waals surface area contributed by atoms with Crippen LogP contribution >= 0.6 is 0 Å². The van der Waals surface area contributed by atoms with Crippen molar-refractivity contribution in [2.24, 2.45) is 5.92 Å². The van der Waals surface area contributed by atoms with E-state index in [-0.39, 0.29) is 0 Å². The minimum Gasteiger partial charge on any atom is -0.328 e. The topological polar surface area (TPSA) is 29.9 Å². The average molecular weight is 285 g/mol. The van der Waals surface area contributed by atoms with Crippen LogP contribution in [0.1, 0.15) is 45.4 Å². The second-order valence-corrected chi connectivity index (χ2v) is 6.31. The first-order valence-electron chi connectivity index (χ1n) is 8.49. The summed E-state index contributed by atoms with van der Waals surface area (Å²) in [7, 11) is 0. The van der Waals surface area contributed by atoms with Crippen molar-refractivity contribution in [2.75, 3.05) is 6.54 Å². The number of benzene rings is 1. The van der Waals surface area contributed by atoms with Crippen molar-refractivity contribution in [3.63, 3.8) is 0 Å². The molecule has 1 heterocycles. The lowest BCUT2D eigenvalue weighted by molar-refractivity contribution is 0.477. The molecule has 0 spiro atoms. The zero-order chi connectivity index (χ0) is 14.7. The van der Waals surface area contributed by atoms with Gasteiger partial charge in [0.25, 0.3) is 0 Å². The molecule has 1 aromatic carbocycles. The molecule has 1 aliphatic rings. The molecule has 1 aliphatic carbocycles. The first-order chi connectivity index (χ1) is 10.3. The molecule has 0 bridgehead atoms. The van der Waals surface area contributed by atoms with Crippen molar-refractivity contribution in [1.29, 1.82) is 0 Å². The summed E-state index contributed by atoms with van der Waals surface area (Å²) >= 11 is 0. The highest BCUT2D eigenvalue weighted by molar-refractivity contribution is 5.75. The van der Waals surface area contributed by atoms with Gasteiger partial charge in [0.1, 0.15) is 5.82 Å². The molecule has 3 nitrogen and oxygen atoms in total. The molecule has 0 saturated heterocycles. The molecule has 1 saturated carbocycles. The van der Waals surface area contributed by atoms with Crippen LogP contribution in [-0.2, 0) is 13.0 Å². The summed E-state index contributed by atoms with van der Waals surface area (Å²) in [6.07, 6.45) is 6.28. The molecule has 1 N–H and O–H groups in total. The van der Waals surface area contributed by atoms with E-state index in [1.54, 1.807) is 0 Å². The van der Waals surface area contributed by atoms with Crippen molar-refractivity contribution in [1.82, 2.24) is 14.9 Å². The molecular weight excluding hydrogens is 258 g/mol. The lowest BCUT2D eigenvalue weighted by atomic mass is 10.0. The Morgan fingerprint density at radius 2 is 2.10 bits per heavy atom. The van der Waals surface area contributed by atoms with Gasteiger partial charge in [-0.15, -0.1) is 0 Å². The zero-order valence-electron chi connectivity index (χ0n) is 13.3. The number of nitrogens with zero attached hydrogens (tertiary/aromatic N) is 2. The smallest absolute Gasteiger partial charge is 0.110 e. The Morgan fingerprint density at radius 1 is 1.24 bits per heavy atom. The van der Waals surface area contributed by atoms with Crippen molar-refractivity contribution >= 4 is 11.0 Å². The Hall–Kier alpha value is -1.35. The molecule has 0 amide bonds. The predicted octanol–water partition coefficient (Wildman–Crippen LogP) is 3.77. The quantitative estimate of drug-likeness (QED) is 0.875. The molecule has 3 rings (SSSR count). The maximum absolute atomic E-state index is 4.91. The van der Waals surface area contributed by atoms with Crippen LogP contribution < -0.4 is 5.32 Å². The number of hydrogen-bond donors (Lipinski definition) is 1. The summed E-state index contributed by atoms with van der Waals surface area (Å²) in [5, 5.41) is 3.60. The maximum Gasteiger partial charge on any atom is 0.110 e. The molecule has 1 fully saturated rings. The van der Waals surface area contributed by atoms with E-state index in [4.69, 9.17) is 4.98 Å². The van der Waals surface area contributed by atoms with Crippen LogP contribution in [0, 0.1) is 5.92 Å². The molecular formula is C18H27N3. The van der Waals surface area contributed by atoms with Crippen molar-refractivity contribution in [2.45, 2.75) is 58.5 Å². The Balaban J connectivity index is 1.78. The molecule has 2 unspecified atom stereocenters. The number of rotatable bonds is 6. The standard InChI is InChI=1S/C18H27N3/c1-3-11-21-17-8-6-5-7-16(17)20-18(21)13-14-9-10-15(12-14)19-4-2/h5-8,14-15,19H,3-4,9-13H2,1-2H3. The third kappa shape index (κ3) is 3.13. The molecule has 0 radical (unpaired) electrons. The molecule has 3 heteroatoms. The molecule has 21 heavy (non-hydrogen) atoms. The summed E-state index contributed by atoms with van der Waals surface area (Å²) in [6.45, 7) is 6.62. The predicted molar refractivity (Wildman–Crippen MR) is 88.5 cm³/mol. The highest BCUT2D eigenvalue weighted by Gasteiger charge is 2.25. The van der Waals surface area contributed by atoms with E-state index < -0.39 is 0 Å². The van der Waals surface area contributed by atoms with Crippen molar-refractivity contribution in [3.8, 4) is 0 Å². The number of fused-ring (bicyclic) bond motifs is 1. The Labute approximate surface area is 127 Å². The van der Waals surface area contributed by atoms with E-state index in [0.717, 1.165) is 43.4 Å². The van der Waals surface area contributed by atoms with Gasteiger partial charge in [-0.25, -0.2) is 4.98 Å². The first-order valence-corrected chi connectivity index (χ1v) is 8.49. The van der Waals surface area contributed by atoms with Gasteiger partial charge >= 0.3 is 0 Å². The number of imidazole rings is 1. The normalized spacial score (nSPS) is 22.2. The largest absolute Gasteiger partial charge is 0.328 e. The fraction of sp³-hybridized carbons (Fsp3) is 0.611. The van der Waals surface area contributed by atoms with Gasteiger partial charge in [0.15, 0.2) is 0 Å². The van der Waals surface area contributed by atoms with Gasteiger partial charge < -0.3 is 9.88 Å². The number of para-hydroxylation sites is 2. The van der Waals surface area contributed by atoms with Crippen molar-refractivity contribution in [3.05, 3.63) is 30.1 Å². The van der Waals surface area contributed by atoms with Crippen LogP contribution in [0.15, 0.2) is 24.3 Å². The molecule has 0 aliphatic heterocycles. The second kappa shape index (κ2) is 6.61. The number of aromatic nitrogens is 2. The average Bonchev–Trinajstić information content (AvgIpc) is 3.06. The van der Waals surface area contributed by atoms with Gasteiger partial charge in [0.05, 0.1) is 11.0 Å². The summed E-state index contributed by atoms with van der Waals surface area (Å²) < 4.78 is 2.44. The van der Waals surface area contributed by atoms with Crippen LogP contribution in [0.2, 0.25) is 0 Å². The lowest BCUT2D eigenvalue weighted by Crippen LogP contribution is -2.26. The van der Waals surface area contributed by atoms with Crippen LogP contribution in [0.25, 0.3) is 11.0 Å². The number of hydrogen-bond acceptors (Lipinski definition) is 2. The monoisotopic (exact) mass is 285 g/mol. The van der Waals surface area contributed by atoms with E-state index in [9.17, 15) is 0 Å². The molecule has 2 atom stereocenters. The highest BCUT2D eigenvalue weighted by Crippen LogP contribution is 2.29. The third-order valence-electron chi connectivity index (χ3n) is 4.69. The van der Waals surface area contributed by atoms with Gasteiger partial charge in [-0.2, -0.15) is 0 Å². The SMILES string of the molecule is CCCn1c(CC2CCC(NCC)C2)nc2ccccc21. The fourth-order valence-electron chi connectivity index (χ4n) is 3.75. The van der Waals surface area contributed by atoms with E-state index >= 15 is 0 Å². The van der Waals surface area contributed by atoms with E-state index in [1.807, 2.05) is 0 Å². The minimum absolute atomic E-state index is 0.726. The highest BCUT2D eigenvalue weighted by atomic mass is 15.1. The van der Waals surface area contributed by atoms with Crippen LogP contribution in [0.5, 0.6) is 0 Å². The van der Waals surface area contributed by atoms with Gasteiger partial charge in [-0.3, -0.25) is 0 Å². The maximum atomic E-state index is 4.91. The number of nitrogens with one attached hydrogen (secondary N) is 1. The molecule has 114 valence electrons. The zero-order valence-corrected chi connectivity index (χ0v) is 13.3. The molecule has 1 aromatic heterocycles. The van der Waals surface area contributed by atoms with E-state index in [2.05, 4.69) is 48.0 Å². The van der Waals surface area contributed by atoms with Gasteiger partial charge in [0, 0.05) is 19.0 Å². The molecule has 2 aromatic rings. The summed E-state index contributed by atoms with van der Waals surface area (Å²) in [6, 6.07) is 9.28. The van der Waals surface area contributed by atoms with Crippen LogP contribution in [0.4, 0.5) is 0 Å². The van der Waals surface area contributed by atoms with Gasteiger partial charge in [-0.1, -0.05) is 26.0 Å². The second-order valence-electron chi connectivity index (χ2n) is 6.31. The van der Waals surface area contributed by atoms with Crippen LogP contribution in [-0.4, -0.2) is 22.1 Å². The fourth-order valence-corrected chi connectivity index (χ4v) is 3.75. The van der Waals surface area contributed by atoms with E-state index in [1.165, 1.54) is 30.6 Å².